The van der Waals surface area contributed by atoms with Gasteiger partial charge in [0.25, 0.3) is 0 Å². The highest BCUT2D eigenvalue weighted by Crippen LogP contribution is 1.99. The molecule has 10 heavy (non-hydrogen) atoms. The highest BCUT2D eigenvalue weighted by Gasteiger charge is 2.03. The van der Waals surface area contributed by atoms with Gasteiger partial charge in [-0.05, 0) is 22.9 Å². The zero-order valence-electron chi connectivity index (χ0n) is 5.85. The van der Waals surface area contributed by atoms with Gasteiger partial charge >= 0.3 is 5.97 Å². The highest BCUT2D eigenvalue weighted by atomic mass is 79.9. The second-order valence-corrected chi connectivity index (χ2v) is 2.69. The molecule has 0 rings (SSSR count). The van der Waals surface area contributed by atoms with E-state index in [-0.39, 0.29) is 5.70 Å². The molecule has 0 fully saturated rings. The Kier molecular flexibility index (Phi) is 3.95. The van der Waals surface area contributed by atoms with Crippen molar-refractivity contribution < 1.29 is 9.53 Å². The molecule has 0 unspecified atom stereocenters. The van der Waals surface area contributed by atoms with E-state index < -0.39 is 5.97 Å². The summed E-state index contributed by atoms with van der Waals surface area (Å²) in [6.07, 6.45) is 0. The topological polar surface area (TPSA) is 38.7 Å². The molecule has 4 heteroatoms. The van der Waals surface area contributed by atoms with E-state index in [1.54, 1.807) is 6.92 Å². The van der Waals surface area contributed by atoms with Crippen molar-refractivity contribution >= 4 is 26.5 Å². The van der Waals surface area contributed by atoms with Crippen LogP contribution < -0.4 is 0 Å². The maximum absolute atomic E-state index is 10.6. The summed E-state index contributed by atoms with van der Waals surface area (Å²) in [5, 5.41) is 0. The summed E-state index contributed by atoms with van der Waals surface area (Å²) in [5.41, 5.74) is 0.0943. The molecule has 0 atom stereocenters. The first-order valence-corrected chi connectivity index (χ1v) is 3.35. The predicted molar refractivity (Wildman–Crippen MR) is 43.2 cm³/mol. The molecule has 0 N–H and O–H groups in total. The third-order valence-corrected chi connectivity index (χ3v) is 0.887. The molecule has 0 aliphatic carbocycles. The summed E-state index contributed by atoms with van der Waals surface area (Å²) in [4.78, 5) is 14.3. The minimum absolute atomic E-state index is 0.0943. The molecule has 0 heterocycles. The van der Waals surface area contributed by atoms with Crippen molar-refractivity contribution in [2.24, 2.45) is 4.99 Å². The van der Waals surface area contributed by atoms with Gasteiger partial charge in [0.15, 0.2) is 0 Å². The number of hydrogen-bond donors (Lipinski definition) is 0. The van der Waals surface area contributed by atoms with Crippen molar-refractivity contribution in [3.05, 3.63) is 12.3 Å². The SMILES string of the molecule is C=C(N=C(C)Br)C(=O)OC. The van der Waals surface area contributed by atoms with Crippen LogP contribution in [0.4, 0.5) is 0 Å². The zero-order chi connectivity index (χ0) is 8.15. The number of rotatable bonds is 2. The van der Waals surface area contributed by atoms with Crippen molar-refractivity contribution in [3.63, 3.8) is 0 Å². The van der Waals surface area contributed by atoms with Gasteiger partial charge in [-0.15, -0.1) is 0 Å². The van der Waals surface area contributed by atoms with E-state index in [4.69, 9.17) is 0 Å². The van der Waals surface area contributed by atoms with Gasteiger partial charge in [0, 0.05) is 0 Å². The number of halogens is 1. The molecule has 0 aromatic carbocycles. The molecule has 0 amide bonds. The van der Waals surface area contributed by atoms with Crippen LogP contribution in [-0.4, -0.2) is 17.7 Å². The number of esters is 1. The van der Waals surface area contributed by atoms with Crippen LogP contribution in [0.2, 0.25) is 0 Å². The Morgan fingerprint density at radius 3 is 2.50 bits per heavy atom. The summed E-state index contributed by atoms with van der Waals surface area (Å²) in [6, 6.07) is 0. The maximum atomic E-state index is 10.6. The number of aliphatic imine (C=N–C) groups is 1. The quantitative estimate of drug-likeness (QED) is 0.390. The molecule has 0 bridgehead atoms. The summed E-state index contributed by atoms with van der Waals surface area (Å²) < 4.78 is 4.95. The smallest absolute Gasteiger partial charge is 0.356 e. The predicted octanol–water partition coefficient (Wildman–Crippen LogP) is 1.49. The normalized spacial score (nSPS) is 10.9. The van der Waals surface area contributed by atoms with E-state index in [2.05, 4.69) is 32.2 Å². The maximum Gasteiger partial charge on any atom is 0.356 e. The Morgan fingerprint density at radius 1 is 1.70 bits per heavy atom. The van der Waals surface area contributed by atoms with Crippen LogP contribution in [-0.2, 0) is 9.53 Å². The van der Waals surface area contributed by atoms with E-state index >= 15 is 0 Å². The summed E-state index contributed by atoms with van der Waals surface area (Å²) in [6.45, 7) is 5.08. The monoisotopic (exact) mass is 205 g/mol. The number of carbonyl (C=O) groups is 1. The molecule has 3 nitrogen and oxygen atoms in total. The van der Waals surface area contributed by atoms with Crippen LogP contribution in [0.1, 0.15) is 6.92 Å². The Bertz CT molecular complexity index is 182. The Hall–Kier alpha value is -0.640. The van der Waals surface area contributed by atoms with Crippen molar-refractivity contribution in [2.45, 2.75) is 6.92 Å². The first-order valence-electron chi connectivity index (χ1n) is 2.56. The van der Waals surface area contributed by atoms with Gasteiger partial charge in [0.1, 0.15) is 5.70 Å². The van der Waals surface area contributed by atoms with E-state index in [1.807, 2.05) is 0 Å². The molecular weight excluding hydrogens is 198 g/mol. The lowest BCUT2D eigenvalue weighted by Gasteiger charge is -1.95. The van der Waals surface area contributed by atoms with Crippen LogP contribution >= 0.6 is 15.9 Å². The van der Waals surface area contributed by atoms with Gasteiger partial charge in [-0.3, -0.25) is 0 Å². The molecule has 0 spiro atoms. The second-order valence-electron chi connectivity index (χ2n) is 1.55. The third-order valence-electron chi connectivity index (χ3n) is 0.710. The average molecular weight is 206 g/mol. The molecule has 0 aliphatic rings. The highest BCUT2D eigenvalue weighted by molar-refractivity contribution is 9.18. The first kappa shape index (κ1) is 9.36. The Labute approximate surface area is 67.9 Å². The van der Waals surface area contributed by atoms with E-state index in [0.29, 0.717) is 4.62 Å². The van der Waals surface area contributed by atoms with Crippen molar-refractivity contribution in [3.8, 4) is 0 Å². The van der Waals surface area contributed by atoms with Gasteiger partial charge < -0.3 is 4.74 Å². The fourth-order valence-electron chi connectivity index (χ4n) is 0.349. The number of carbonyl (C=O) groups excluding carboxylic acids is 1. The minimum Gasteiger partial charge on any atom is -0.464 e. The minimum atomic E-state index is -0.515. The van der Waals surface area contributed by atoms with Crippen molar-refractivity contribution in [1.82, 2.24) is 0 Å². The number of ether oxygens (including phenoxy) is 1. The molecule has 0 aliphatic heterocycles. The van der Waals surface area contributed by atoms with Crippen LogP contribution in [0.5, 0.6) is 0 Å². The molecular formula is C6H8BrNO2. The lowest BCUT2D eigenvalue weighted by Crippen LogP contribution is -2.01. The fraction of sp³-hybridized carbons (Fsp3) is 0.333. The largest absolute Gasteiger partial charge is 0.464 e. The lowest BCUT2D eigenvalue weighted by atomic mass is 10.5. The molecule has 0 radical (unpaired) electrons. The Morgan fingerprint density at radius 2 is 2.20 bits per heavy atom. The Balaban J connectivity index is 4.11. The van der Waals surface area contributed by atoms with Crippen LogP contribution in [0, 0.1) is 0 Å². The van der Waals surface area contributed by atoms with Gasteiger partial charge in [0.2, 0.25) is 0 Å². The van der Waals surface area contributed by atoms with Crippen molar-refractivity contribution in [2.75, 3.05) is 7.11 Å². The van der Waals surface area contributed by atoms with Crippen LogP contribution in [0.15, 0.2) is 17.3 Å². The molecule has 0 aromatic heterocycles. The number of nitrogens with zero attached hydrogens (tertiary/aromatic N) is 1. The molecule has 0 saturated carbocycles. The lowest BCUT2D eigenvalue weighted by molar-refractivity contribution is -0.136. The average Bonchev–Trinajstić information content (AvgIpc) is 1.85. The molecule has 0 saturated heterocycles. The zero-order valence-corrected chi connectivity index (χ0v) is 7.43. The van der Waals surface area contributed by atoms with Crippen LogP contribution in [0.25, 0.3) is 0 Å². The van der Waals surface area contributed by atoms with Crippen molar-refractivity contribution in [1.29, 1.82) is 0 Å². The molecule has 56 valence electrons. The summed E-state index contributed by atoms with van der Waals surface area (Å²) >= 11 is 3.05. The summed E-state index contributed by atoms with van der Waals surface area (Å²) in [5.74, 6) is -0.515. The second kappa shape index (κ2) is 4.22. The first-order chi connectivity index (χ1) is 4.57. The number of hydrogen-bond acceptors (Lipinski definition) is 3. The fourth-order valence-corrected chi connectivity index (χ4v) is 0.563. The third kappa shape index (κ3) is 3.40. The van der Waals surface area contributed by atoms with E-state index in [1.165, 1.54) is 7.11 Å². The van der Waals surface area contributed by atoms with Gasteiger partial charge in [-0.1, -0.05) is 6.58 Å². The van der Waals surface area contributed by atoms with E-state index in [9.17, 15) is 4.79 Å². The van der Waals surface area contributed by atoms with Gasteiger partial charge in [-0.2, -0.15) is 0 Å². The van der Waals surface area contributed by atoms with Gasteiger partial charge in [0.05, 0.1) is 11.7 Å². The molecule has 0 aromatic rings. The van der Waals surface area contributed by atoms with Gasteiger partial charge in [-0.25, -0.2) is 9.79 Å². The van der Waals surface area contributed by atoms with E-state index in [0.717, 1.165) is 0 Å². The summed E-state index contributed by atoms with van der Waals surface area (Å²) in [7, 11) is 1.28. The number of methoxy groups -OCH3 is 1. The van der Waals surface area contributed by atoms with Crippen LogP contribution in [0.3, 0.4) is 0 Å². The standard InChI is InChI=1S/C6H8BrNO2/c1-4(6(9)10-3)8-5(2)7/h1H2,2-3H3.